The third-order valence-corrected chi connectivity index (χ3v) is 5.26. The van der Waals surface area contributed by atoms with Crippen LogP contribution in [0.4, 0.5) is 5.69 Å². The number of pyridine rings is 1. The fourth-order valence-corrected chi connectivity index (χ4v) is 3.18. The highest BCUT2D eigenvalue weighted by Crippen LogP contribution is 2.34. The average Bonchev–Trinajstić information content (AvgIpc) is 2.55. The number of halogens is 1. The van der Waals surface area contributed by atoms with E-state index in [1.165, 1.54) is 0 Å². The predicted octanol–water partition coefficient (Wildman–Crippen LogP) is 5.75. The van der Waals surface area contributed by atoms with Crippen molar-refractivity contribution in [1.82, 2.24) is 4.98 Å². The summed E-state index contributed by atoms with van der Waals surface area (Å²) in [5.41, 5.74) is 4.84. The van der Waals surface area contributed by atoms with E-state index in [2.05, 4.69) is 40.1 Å². The summed E-state index contributed by atoms with van der Waals surface area (Å²) in [4.78, 5) is 17.6. The van der Waals surface area contributed by atoms with Gasteiger partial charge in [0.05, 0.1) is 22.5 Å². The highest BCUT2D eigenvalue weighted by Gasteiger charge is 2.22. The Morgan fingerprint density at radius 2 is 1.77 bits per heavy atom. The molecule has 140 valence electrons. The molecular weight excluding hydrogens is 392 g/mol. The van der Waals surface area contributed by atoms with Gasteiger partial charge in [-0.3, -0.25) is 9.78 Å². The fraction of sp³-hybridized carbons (Fsp3) is 0.429. The lowest BCUT2D eigenvalue weighted by molar-refractivity contribution is 0.102. The van der Waals surface area contributed by atoms with Gasteiger partial charge in [-0.2, -0.15) is 0 Å². The second kappa shape index (κ2) is 8.67. The summed E-state index contributed by atoms with van der Waals surface area (Å²) in [6, 6.07) is 5.95. The van der Waals surface area contributed by atoms with Crippen molar-refractivity contribution in [3.63, 3.8) is 0 Å². The van der Waals surface area contributed by atoms with E-state index >= 15 is 0 Å². The number of carbonyl (C=O) groups excluding carboxylic acids is 1. The topological polar surface area (TPSA) is 51.2 Å². The summed E-state index contributed by atoms with van der Waals surface area (Å²) in [5.74, 6) is 0.900. The van der Waals surface area contributed by atoms with Gasteiger partial charge in [-0.05, 0) is 67.1 Å². The van der Waals surface area contributed by atoms with E-state index in [-0.39, 0.29) is 5.91 Å². The van der Waals surface area contributed by atoms with Crippen molar-refractivity contribution in [2.24, 2.45) is 5.92 Å². The minimum absolute atomic E-state index is 0.201. The Morgan fingerprint density at radius 3 is 2.35 bits per heavy atom. The fourth-order valence-electron chi connectivity index (χ4n) is 2.78. The van der Waals surface area contributed by atoms with Crippen molar-refractivity contribution < 1.29 is 9.53 Å². The molecule has 1 aromatic heterocycles. The van der Waals surface area contributed by atoms with Gasteiger partial charge in [0.2, 0.25) is 0 Å². The van der Waals surface area contributed by atoms with Crippen LogP contribution in [0.3, 0.4) is 0 Å². The minimum atomic E-state index is -0.201. The molecule has 5 heteroatoms. The van der Waals surface area contributed by atoms with Crippen LogP contribution in [0.1, 0.15) is 53.1 Å². The summed E-state index contributed by atoms with van der Waals surface area (Å²) in [7, 11) is 0. The van der Waals surface area contributed by atoms with Gasteiger partial charge in [0, 0.05) is 5.69 Å². The normalized spacial score (nSPS) is 10.9. The molecule has 0 atom stereocenters. The van der Waals surface area contributed by atoms with Crippen LogP contribution in [0, 0.1) is 33.6 Å². The summed E-state index contributed by atoms with van der Waals surface area (Å²) >= 11 is 3.55. The Kier molecular flexibility index (Phi) is 6.81. The quantitative estimate of drug-likeness (QED) is 0.648. The van der Waals surface area contributed by atoms with Crippen molar-refractivity contribution in [3.8, 4) is 5.75 Å². The second-order valence-electron chi connectivity index (χ2n) is 7.05. The molecule has 2 aromatic rings. The Bertz CT molecular complexity index is 796. The van der Waals surface area contributed by atoms with Crippen LogP contribution < -0.4 is 10.1 Å². The number of carbonyl (C=O) groups is 1. The number of amides is 1. The van der Waals surface area contributed by atoms with E-state index in [0.717, 1.165) is 33.4 Å². The lowest BCUT2D eigenvalue weighted by Gasteiger charge is -2.18. The maximum absolute atomic E-state index is 13.1. The van der Waals surface area contributed by atoms with E-state index in [9.17, 15) is 4.79 Å². The number of aromatic nitrogens is 1. The number of nitrogens with one attached hydrogen (secondary N) is 1. The molecule has 0 spiro atoms. The first-order chi connectivity index (χ1) is 12.2. The second-order valence-corrected chi connectivity index (χ2v) is 7.85. The first kappa shape index (κ1) is 20.4. The number of hydrogen-bond donors (Lipinski definition) is 1. The lowest BCUT2D eigenvalue weighted by atomic mass is 10.1. The number of rotatable bonds is 6. The molecule has 0 bridgehead atoms. The van der Waals surface area contributed by atoms with E-state index < -0.39 is 0 Å². The van der Waals surface area contributed by atoms with E-state index in [1.807, 2.05) is 45.9 Å². The lowest BCUT2D eigenvalue weighted by Crippen LogP contribution is -2.18. The largest absolute Gasteiger partial charge is 0.491 e. The van der Waals surface area contributed by atoms with Gasteiger partial charge in [0.1, 0.15) is 11.3 Å². The monoisotopic (exact) mass is 418 g/mol. The number of aryl methyl sites for hydroxylation is 4. The smallest absolute Gasteiger partial charge is 0.261 e. The van der Waals surface area contributed by atoms with Gasteiger partial charge in [-0.15, -0.1) is 0 Å². The number of ether oxygens (including phenoxy) is 1. The van der Waals surface area contributed by atoms with Gasteiger partial charge in [-0.1, -0.05) is 32.0 Å². The Morgan fingerprint density at radius 1 is 1.15 bits per heavy atom. The molecule has 0 unspecified atom stereocenters. The highest BCUT2D eigenvalue weighted by molar-refractivity contribution is 9.10. The molecule has 0 radical (unpaired) electrons. The van der Waals surface area contributed by atoms with Crippen LogP contribution in [-0.2, 0) is 0 Å². The molecule has 4 nitrogen and oxygen atoms in total. The van der Waals surface area contributed by atoms with Gasteiger partial charge < -0.3 is 10.1 Å². The van der Waals surface area contributed by atoms with Crippen LogP contribution in [0.5, 0.6) is 5.75 Å². The van der Waals surface area contributed by atoms with E-state index in [4.69, 9.17) is 4.74 Å². The van der Waals surface area contributed by atoms with Crippen LogP contribution in [0.15, 0.2) is 22.7 Å². The Hall–Kier alpha value is -1.88. The van der Waals surface area contributed by atoms with Crippen molar-refractivity contribution in [3.05, 3.63) is 50.8 Å². The van der Waals surface area contributed by atoms with Gasteiger partial charge in [-0.25, -0.2) is 0 Å². The van der Waals surface area contributed by atoms with Crippen molar-refractivity contribution >= 4 is 27.5 Å². The molecule has 0 saturated heterocycles. The van der Waals surface area contributed by atoms with Crippen LogP contribution in [0.2, 0.25) is 0 Å². The Labute approximate surface area is 164 Å². The molecule has 0 aliphatic carbocycles. The van der Waals surface area contributed by atoms with Crippen molar-refractivity contribution in [2.75, 3.05) is 11.9 Å². The molecule has 26 heavy (non-hydrogen) atoms. The zero-order valence-electron chi connectivity index (χ0n) is 16.4. The zero-order chi connectivity index (χ0) is 19.4. The number of anilines is 1. The Balaban J connectivity index is 2.40. The molecule has 1 aromatic carbocycles. The van der Waals surface area contributed by atoms with Crippen LogP contribution in [-0.4, -0.2) is 17.5 Å². The summed E-state index contributed by atoms with van der Waals surface area (Å²) in [5, 5.41) is 3.04. The van der Waals surface area contributed by atoms with Gasteiger partial charge in [0.15, 0.2) is 0 Å². The maximum Gasteiger partial charge on any atom is 0.261 e. The number of nitrogens with zero attached hydrogens (tertiary/aromatic N) is 1. The molecule has 0 fully saturated rings. The standard InChI is InChI=1S/C21H27BrN2O2/c1-12(2)10-11-26-20-17(15(5)23-16(6)18(20)22)21(25)24-19-13(3)8-7-9-14(19)4/h7-9,12H,10-11H2,1-6H3,(H,24,25). The zero-order valence-corrected chi connectivity index (χ0v) is 18.0. The average molecular weight is 419 g/mol. The summed E-state index contributed by atoms with van der Waals surface area (Å²) in [6.45, 7) is 12.6. The van der Waals surface area contributed by atoms with Crippen molar-refractivity contribution in [2.45, 2.75) is 48.0 Å². The molecule has 1 heterocycles. The van der Waals surface area contributed by atoms with E-state index in [1.54, 1.807) is 0 Å². The number of para-hydroxylation sites is 1. The van der Waals surface area contributed by atoms with Crippen molar-refractivity contribution in [1.29, 1.82) is 0 Å². The number of hydrogen-bond acceptors (Lipinski definition) is 3. The molecule has 1 N–H and O–H groups in total. The van der Waals surface area contributed by atoms with Gasteiger partial charge >= 0.3 is 0 Å². The first-order valence-electron chi connectivity index (χ1n) is 8.89. The molecular formula is C21H27BrN2O2. The third kappa shape index (κ3) is 4.64. The molecule has 0 saturated carbocycles. The number of benzene rings is 1. The summed E-state index contributed by atoms with van der Waals surface area (Å²) < 4.78 is 6.75. The maximum atomic E-state index is 13.1. The SMILES string of the molecule is Cc1cccc(C)c1NC(=O)c1c(C)nc(C)c(Br)c1OCCC(C)C. The highest BCUT2D eigenvalue weighted by atomic mass is 79.9. The first-order valence-corrected chi connectivity index (χ1v) is 9.68. The third-order valence-electron chi connectivity index (χ3n) is 4.33. The van der Waals surface area contributed by atoms with E-state index in [0.29, 0.717) is 29.5 Å². The van der Waals surface area contributed by atoms with Gasteiger partial charge in [0.25, 0.3) is 5.91 Å². The molecule has 2 rings (SSSR count). The molecule has 0 aliphatic heterocycles. The van der Waals surface area contributed by atoms with Crippen LogP contribution >= 0.6 is 15.9 Å². The predicted molar refractivity (Wildman–Crippen MR) is 110 cm³/mol. The molecule has 1 amide bonds. The van der Waals surface area contributed by atoms with Crippen LogP contribution in [0.25, 0.3) is 0 Å². The minimum Gasteiger partial charge on any atom is -0.491 e. The summed E-state index contributed by atoms with van der Waals surface area (Å²) in [6.07, 6.45) is 0.921. The molecule has 0 aliphatic rings.